The van der Waals surface area contributed by atoms with Crippen molar-refractivity contribution in [2.75, 3.05) is 6.61 Å². The van der Waals surface area contributed by atoms with Gasteiger partial charge in [-0.3, -0.25) is 0 Å². The average Bonchev–Trinajstić information content (AvgIpc) is 2.55. The molecule has 0 atom stereocenters. The Balaban J connectivity index is 2.32. The van der Waals surface area contributed by atoms with Crippen LogP contribution in [-0.2, 0) is 9.53 Å². The van der Waals surface area contributed by atoms with E-state index in [-0.39, 0.29) is 20.9 Å². The first-order chi connectivity index (χ1) is 10.7. The molecule has 3 nitrogen and oxygen atoms in total. The molecule has 0 unspecified atom stereocenters. The van der Waals surface area contributed by atoms with E-state index in [1.807, 2.05) is 48.5 Å². The number of carbonyl (C=O) groups is 1. The number of ether oxygens (including phenoxy) is 1. The fourth-order valence-corrected chi connectivity index (χ4v) is 3.65. The van der Waals surface area contributed by atoms with Gasteiger partial charge in [-0.25, -0.2) is 0 Å². The molecule has 0 fully saturated rings. The first kappa shape index (κ1) is 16.0. The van der Waals surface area contributed by atoms with Gasteiger partial charge in [0.15, 0.2) is 0 Å². The molecule has 0 aromatic heterocycles. The molecule has 0 heterocycles. The van der Waals surface area contributed by atoms with Gasteiger partial charge in [0, 0.05) is 0 Å². The van der Waals surface area contributed by atoms with Gasteiger partial charge in [-0.2, -0.15) is 0 Å². The second-order valence-corrected chi connectivity index (χ2v) is 6.72. The van der Waals surface area contributed by atoms with Crippen molar-refractivity contribution in [2.24, 2.45) is 0 Å². The van der Waals surface area contributed by atoms with Crippen LogP contribution in [0.5, 0.6) is 0 Å². The summed E-state index contributed by atoms with van der Waals surface area (Å²) in [6.07, 6.45) is 1.81. The Morgan fingerprint density at radius 3 is 2.68 bits per heavy atom. The van der Waals surface area contributed by atoms with Crippen molar-refractivity contribution in [3.05, 3.63) is 70.2 Å². The van der Waals surface area contributed by atoms with Crippen LogP contribution in [-0.4, -0.2) is 27.5 Å². The van der Waals surface area contributed by atoms with Crippen LogP contribution in [0.25, 0.3) is 6.08 Å². The predicted octanol–water partition coefficient (Wildman–Crippen LogP) is 2.49. The van der Waals surface area contributed by atoms with Crippen LogP contribution < -0.4 is 4.46 Å². The molecule has 0 N–H and O–H groups in total. The fraction of sp³-hybridized carbons (Fsp3) is 0.111. The van der Waals surface area contributed by atoms with Gasteiger partial charge in [0.05, 0.1) is 0 Å². The molecule has 0 aliphatic carbocycles. The van der Waals surface area contributed by atoms with Crippen LogP contribution in [0.4, 0.5) is 0 Å². The van der Waals surface area contributed by atoms with E-state index in [0.29, 0.717) is 16.6 Å². The van der Waals surface area contributed by atoms with E-state index in [4.69, 9.17) is 10.00 Å². The summed E-state index contributed by atoms with van der Waals surface area (Å²) in [6.45, 7) is 2.14. The summed E-state index contributed by atoms with van der Waals surface area (Å²) >= 11 is -0.143. The summed E-state index contributed by atoms with van der Waals surface area (Å²) in [5, 5.41) is 8.97. The summed E-state index contributed by atoms with van der Waals surface area (Å²) < 4.78 is 6.89. The summed E-state index contributed by atoms with van der Waals surface area (Å²) in [6, 6.07) is 19.1. The van der Waals surface area contributed by atoms with Gasteiger partial charge in [0.2, 0.25) is 0 Å². The van der Waals surface area contributed by atoms with E-state index in [9.17, 15) is 4.79 Å². The number of hydrogen-bond acceptors (Lipinski definition) is 3. The Bertz CT molecular complexity index is 717. The Kier molecular flexibility index (Phi) is 5.97. The van der Waals surface area contributed by atoms with Crippen LogP contribution in [0.15, 0.2) is 59.1 Å². The van der Waals surface area contributed by atoms with Crippen LogP contribution in [0.3, 0.4) is 0 Å². The molecular formula is C18H15NO2Se. The van der Waals surface area contributed by atoms with Crippen molar-refractivity contribution in [3.63, 3.8) is 0 Å². The maximum absolute atomic E-state index is 12.2. The molecule has 0 aliphatic heterocycles. The zero-order valence-corrected chi connectivity index (χ0v) is 13.9. The number of rotatable bonds is 5. The first-order valence-electron chi connectivity index (χ1n) is 6.85. The third-order valence-corrected chi connectivity index (χ3v) is 4.88. The minimum absolute atomic E-state index is 0.143. The van der Waals surface area contributed by atoms with Crippen molar-refractivity contribution in [2.45, 2.75) is 6.92 Å². The third-order valence-electron chi connectivity index (χ3n) is 2.76. The summed E-state index contributed by atoms with van der Waals surface area (Å²) in [4.78, 5) is 12.2. The number of esters is 1. The number of nitriles is 1. The van der Waals surface area contributed by atoms with Gasteiger partial charge in [0.1, 0.15) is 0 Å². The summed E-state index contributed by atoms with van der Waals surface area (Å²) in [5.74, 6) is -0.297. The minimum atomic E-state index is -0.297. The van der Waals surface area contributed by atoms with Crippen molar-refractivity contribution in [1.82, 2.24) is 0 Å². The molecule has 0 amide bonds. The quantitative estimate of drug-likeness (QED) is 0.470. The Morgan fingerprint density at radius 2 is 2.00 bits per heavy atom. The second kappa shape index (κ2) is 8.19. The molecule has 2 rings (SSSR count). The standard InChI is InChI=1S/C18H15NO2Se/c1-2-21-18(20)17(22-16-9-4-3-5-10-16)12-14-7-6-8-15(11-14)13-19/h3-12H,2H2,1H3. The Morgan fingerprint density at radius 1 is 1.23 bits per heavy atom. The number of carbonyl (C=O) groups excluding carboxylic acids is 1. The van der Waals surface area contributed by atoms with E-state index in [0.717, 1.165) is 10.0 Å². The van der Waals surface area contributed by atoms with Crippen molar-refractivity contribution in [1.29, 1.82) is 5.26 Å². The zero-order chi connectivity index (χ0) is 15.8. The van der Waals surface area contributed by atoms with E-state index < -0.39 is 0 Å². The molecule has 0 saturated heterocycles. The van der Waals surface area contributed by atoms with Gasteiger partial charge < -0.3 is 0 Å². The molecule has 0 saturated carbocycles. The normalized spacial score (nSPS) is 10.8. The SMILES string of the molecule is CCOC(=O)C(=Cc1cccc(C#N)c1)[Se]c1ccccc1. The van der Waals surface area contributed by atoms with E-state index in [1.165, 1.54) is 0 Å². The molecule has 0 radical (unpaired) electrons. The zero-order valence-electron chi connectivity index (χ0n) is 12.2. The van der Waals surface area contributed by atoms with Gasteiger partial charge in [0.25, 0.3) is 0 Å². The van der Waals surface area contributed by atoms with E-state index in [2.05, 4.69) is 6.07 Å². The van der Waals surface area contributed by atoms with Gasteiger partial charge in [-0.15, -0.1) is 0 Å². The van der Waals surface area contributed by atoms with Crippen LogP contribution in [0.1, 0.15) is 18.1 Å². The van der Waals surface area contributed by atoms with Gasteiger partial charge >= 0.3 is 136 Å². The molecule has 22 heavy (non-hydrogen) atoms. The van der Waals surface area contributed by atoms with Crippen LogP contribution in [0.2, 0.25) is 0 Å². The molecular weight excluding hydrogens is 341 g/mol. The molecule has 4 heteroatoms. The van der Waals surface area contributed by atoms with Crippen molar-refractivity contribution >= 4 is 31.5 Å². The summed E-state index contributed by atoms with van der Waals surface area (Å²) in [7, 11) is 0. The molecule has 2 aromatic rings. The van der Waals surface area contributed by atoms with Gasteiger partial charge in [-0.1, -0.05) is 0 Å². The van der Waals surface area contributed by atoms with Crippen molar-refractivity contribution < 1.29 is 9.53 Å². The third kappa shape index (κ3) is 4.59. The number of hydrogen-bond donors (Lipinski definition) is 0. The first-order valence-corrected chi connectivity index (χ1v) is 8.56. The molecule has 110 valence electrons. The summed E-state index contributed by atoms with van der Waals surface area (Å²) in [5.41, 5.74) is 1.41. The average molecular weight is 356 g/mol. The van der Waals surface area contributed by atoms with E-state index >= 15 is 0 Å². The predicted molar refractivity (Wildman–Crippen MR) is 87.6 cm³/mol. The Labute approximate surface area is 136 Å². The fourth-order valence-electron chi connectivity index (χ4n) is 1.80. The van der Waals surface area contributed by atoms with Crippen molar-refractivity contribution in [3.8, 4) is 6.07 Å². The second-order valence-electron chi connectivity index (χ2n) is 4.38. The number of benzene rings is 2. The monoisotopic (exact) mass is 357 g/mol. The molecule has 2 aromatic carbocycles. The number of nitrogens with zero attached hydrogens (tertiary/aromatic N) is 1. The Hall–Kier alpha value is -2.34. The maximum atomic E-state index is 12.2. The molecule has 0 aliphatic rings. The molecule has 0 spiro atoms. The molecule has 0 bridgehead atoms. The van der Waals surface area contributed by atoms with E-state index in [1.54, 1.807) is 19.1 Å². The van der Waals surface area contributed by atoms with Gasteiger partial charge in [-0.05, 0) is 0 Å². The van der Waals surface area contributed by atoms with Crippen LogP contribution in [0, 0.1) is 11.3 Å². The topological polar surface area (TPSA) is 50.1 Å². The van der Waals surface area contributed by atoms with Crippen LogP contribution >= 0.6 is 0 Å².